The molecule has 0 aliphatic rings. The summed E-state index contributed by atoms with van der Waals surface area (Å²) in [7, 11) is 1.18. The van der Waals surface area contributed by atoms with Crippen molar-refractivity contribution in [2.75, 3.05) is 53.3 Å². The van der Waals surface area contributed by atoms with Crippen LogP contribution in [0.1, 0.15) is 168 Å². The number of hydrogen-bond donors (Lipinski definition) is 4. The van der Waals surface area contributed by atoms with Crippen LogP contribution >= 0.6 is 19.6 Å². The van der Waals surface area contributed by atoms with E-state index in [4.69, 9.17) is 29.4 Å². The number of quaternary nitrogens is 1. The number of unbranched alkanes of at least 4 members (excludes halogenated alkanes) is 17. The van der Waals surface area contributed by atoms with E-state index < -0.39 is 62.4 Å². The molecule has 0 spiro atoms. The minimum absolute atomic E-state index is 0.0251. The summed E-state index contributed by atoms with van der Waals surface area (Å²) in [4.78, 5) is 47.3. The number of likely N-dealkylation sites (N-methyl/N-ethyl adjacent to an activating group) is 1. The molecule has 64 heavy (non-hydrogen) atoms. The minimum Gasteiger partial charge on any atom is -0.481 e. The van der Waals surface area contributed by atoms with Gasteiger partial charge in [0.2, 0.25) is 0 Å². The van der Waals surface area contributed by atoms with Crippen LogP contribution in [0.3, 0.4) is 0 Å². The van der Waals surface area contributed by atoms with Crippen molar-refractivity contribution in [2.45, 2.75) is 191 Å². The number of nitrogens with zero attached hydrogens (tertiary/aromatic N) is 1. The molecule has 0 radical (unpaired) electrons. The highest BCUT2D eigenvalue weighted by Crippen LogP contribution is 2.43. The van der Waals surface area contributed by atoms with Crippen LogP contribution in [-0.4, -0.2) is 114 Å². The quantitative estimate of drug-likeness (QED) is 0.0113. The van der Waals surface area contributed by atoms with Gasteiger partial charge in [-0.2, -0.15) is 0 Å². The van der Waals surface area contributed by atoms with Crippen molar-refractivity contribution in [3.63, 3.8) is 0 Å². The summed E-state index contributed by atoms with van der Waals surface area (Å²) >= 11 is 1.21. The first-order valence-corrected chi connectivity index (χ1v) is 26.8. The van der Waals surface area contributed by atoms with Crippen LogP contribution in [0, 0.1) is 0 Å². The third kappa shape index (κ3) is 41.2. The molecule has 5 atom stereocenters. The van der Waals surface area contributed by atoms with Crippen molar-refractivity contribution in [1.82, 2.24) is 0 Å². The Kier molecular flexibility index (Phi) is 39.5. The zero-order valence-corrected chi connectivity index (χ0v) is 42.1. The van der Waals surface area contributed by atoms with Gasteiger partial charge in [0.05, 0.1) is 33.9 Å². The lowest BCUT2D eigenvalue weighted by molar-refractivity contribution is -0.870. The second-order valence-corrected chi connectivity index (χ2v) is 20.4. The molecule has 0 bridgehead atoms. The van der Waals surface area contributed by atoms with Gasteiger partial charge in [0.25, 0.3) is 0 Å². The number of carboxylic acid groups (broad SMARTS) is 1. The molecule has 0 aliphatic heterocycles. The highest BCUT2D eigenvalue weighted by atomic mass is 32.2. The Morgan fingerprint density at radius 1 is 0.719 bits per heavy atom. The lowest BCUT2D eigenvalue weighted by Crippen LogP contribution is -2.40. The van der Waals surface area contributed by atoms with E-state index in [-0.39, 0.29) is 38.0 Å². The van der Waals surface area contributed by atoms with Crippen molar-refractivity contribution in [2.24, 2.45) is 5.73 Å². The number of carboxylic acids is 1. The number of thioether (sulfide) groups is 1. The van der Waals surface area contributed by atoms with Gasteiger partial charge >= 0.3 is 25.7 Å². The standard InChI is InChI=1S/C49H89N2O11PS/c1-6-8-10-12-14-16-18-20-21-22-24-26-28-30-32-37-48(55)59-40-43(41-61-63(57,58)60-39-38-51(3,4)5)62-49(56)44(50)42-64-46(45(52)34-33-36-47(53)54)35-31-29-27-25-23-19-17-15-13-11-9-7-2/h15,17,23,25,27,29,31,35,43-46,52H,6-14,16,18-22,24,26,28,30,32-34,36-42,50H2,1-5H3,(H-,53,54,57,58)/p+1/b17-15-,25-23-,29-27+,35-31+/t43-,44+,45+,46-/m1/s1. The monoisotopic (exact) mass is 946 g/mol. The molecule has 0 aliphatic carbocycles. The fourth-order valence-electron chi connectivity index (χ4n) is 6.38. The van der Waals surface area contributed by atoms with Crippen LogP contribution < -0.4 is 5.73 Å². The van der Waals surface area contributed by atoms with Crippen LogP contribution in [0.25, 0.3) is 0 Å². The fourth-order valence-corrected chi connectivity index (χ4v) is 8.25. The number of allylic oxidation sites excluding steroid dienone is 7. The number of nitrogens with two attached hydrogens (primary N) is 1. The van der Waals surface area contributed by atoms with Gasteiger partial charge in [-0.1, -0.05) is 165 Å². The molecule has 0 saturated heterocycles. The maximum absolute atomic E-state index is 13.2. The summed E-state index contributed by atoms with van der Waals surface area (Å²) in [5, 5.41) is 19.5. The highest BCUT2D eigenvalue weighted by Gasteiger charge is 2.29. The Morgan fingerprint density at radius 3 is 1.89 bits per heavy atom. The minimum atomic E-state index is -4.54. The summed E-state index contributed by atoms with van der Waals surface area (Å²) in [6, 6.07) is -1.18. The summed E-state index contributed by atoms with van der Waals surface area (Å²) in [5.74, 6) is -2.26. The smallest absolute Gasteiger partial charge is 0.472 e. The molecule has 0 aromatic rings. The summed E-state index contributed by atoms with van der Waals surface area (Å²) in [6.45, 7) is 3.82. The molecule has 0 saturated carbocycles. The third-order valence-electron chi connectivity index (χ3n) is 10.4. The Balaban J connectivity index is 5.22. The Morgan fingerprint density at radius 2 is 1.30 bits per heavy atom. The molecule has 0 heterocycles. The first kappa shape index (κ1) is 61.7. The van der Waals surface area contributed by atoms with E-state index in [0.29, 0.717) is 17.4 Å². The van der Waals surface area contributed by atoms with Crippen molar-refractivity contribution < 1.29 is 57.1 Å². The van der Waals surface area contributed by atoms with Crippen molar-refractivity contribution in [3.8, 4) is 0 Å². The van der Waals surface area contributed by atoms with E-state index in [1.807, 2.05) is 45.4 Å². The Hall–Kier alpha value is -2.29. The van der Waals surface area contributed by atoms with Crippen LogP contribution in [0.5, 0.6) is 0 Å². The van der Waals surface area contributed by atoms with Crippen molar-refractivity contribution in [1.29, 1.82) is 0 Å². The van der Waals surface area contributed by atoms with Crippen LogP contribution in [0.4, 0.5) is 0 Å². The summed E-state index contributed by atoms with van der Waals surface area (Å²) in [6.07, 6.45) is 37.7. The lowest BCUT2D eigenvalue weighted by Gasteiger charge is -2.25. The molecule has 15 heteroatoms. The molecule has 372 valence electrons. The van der Waals surface area contributed by atoms with Gasteiger partial charge in [0.1, 0.15) is 25.8 Å². The molecule has 0 fully saturated rings. The summed E-state index contributed by atoms with van der Waals surface area (Å²) < 4.78 is 34.4. The van der Waals surface area contributed by atoms with E-state index in [2.05, 4.69) is 26.0 Å². The molecule has 0 aromatic heterocycles. The summed E-state index contributed by atoms with van der Waals surface area (Å²) in [5.41, 5.74) is 6.25. The molecule has 1 unspecified atom stereocenters. The second-order valence-electron chi connectivity index (χ2n) is 17.7. The average molecular weight is 946 g/mol. The number of carbonyl (C=O) groups is 3. The van der Waals surface area contributed by atoms with Crippen LogP contribution in [0.15, 0.2) is 48.6 Å². The van der Waals surface area contributed by atoms with Crippen molar-refractivity contribution in [3.05, 3.63) is 48.6 Å². The molecular formula is C49H90N2O11PS+. The molecule has 0 amide bonds. The number of rotatable bonds is 44. The molecule has 5 N–H and O–H groups in total. The van der Waals surface area contributed by atoms with Gasteiger partial charge in [0.15, 0.2) is 6.10 Å². The molecule has 0 aromatic carbocycles. The predicted octanol–water partition coefficient (Wildman–Crippen LogP) is 10.8. The molecule has 0 rings (SSSR count). The first-order valence-electron chi connectivity index (χ1n) is 24.3. The average Bonchev–Trinajstić information content (AvgIpc) is 3.23. The maximum atomic E-state index is 13.2. The van der Waals surface area contributed by atoms with Crippen LogP contribution in [0.2, 0.25) is 0 Å². The zero-order valence-electron chi connectivity index (χ0n) is 40.4. The lowest BCUT2D eigenvalue weighted by atomic mass is 10.0. The molecular weight excluding hydrogens is 856 g/mol. The maximum Gasteiger partial charge on any atom is 0.472 e. The van der Waals surface area contributed by atoms with Gasteiger partial charge in [0, 0.05) is 23.8 Å². The van der Waals surface area contributed by atoms with E-state index in [1.54, 1.807) is 12.2 Å². The van der Waals surface area contributed by atoms with Gasteiger partial charge in [-0.25, -0.2) is 4.57 Å². The highest BCUT2D eigenvalue weighted by molar-refractivity contribution is 8.00. The number of aliphatic hydroxyl groups is 1. The van der Waals surface area contributed by atoms with E-state index in [1.165, 1.54) is 102 Å². The fraction of sp³-hybridized carbons (Fsp3) is 0.776. The number of hydrogen-bond acceptors (Lipinski definition) is 11. The second kappa shape index (κ2) is 40.9. The van der Waals surface area contributed by atoms with E-state index >= 15 is 0 Å². The largest absolute Gasteiger partial charge is 0.481 e. The number of carbonyl (C=O) groups excluding carboxylic acids is 2. The Labute approximate surface area is 392 Å². The van der Waals surface area contributed by atoms with Crippen molar-refractivity contribution >= 4 is 37.5 Å². The van der Waals surface area contributed by atoms with Gasteiger partial charge in [-0.3, -0.25) is 23.4 Å². The van der Waals surface area contributed by atoms with E-state index in [0.717, 1.165) is 32.1 Å². The Bertz CT molecular complexity index is 1350. The molecule has 13 nitrogen and oxygen atoms in total. The number of phosphoric acid groups is 1. The number of aliphatic hydroxyl groups excluding tert-OH is 1. The number of ether oxygens (including phenoxy) is 2. The van der Waals surface area contributed by atoms with Crippen LogP contribution in [-0.2, 0) is 37.5 Å². The number of esters is 2. The normalized spacial score (nSPS) is 15.2. The van der Waals surface area contributed by atoms with Gasteiger partial charge < -0.3 is 34.8 Å². The zero-order chi connectivity index (χ0) is 47.7. The number of aliphatic carboxylic acids is 1. The SMILES string of the molecule is CCCCC/C=C\C\C=C/C=C/C=C/[C@@H](SC[C@H](N)C(=O)O[C@H](COC(=O)CCCCCCCCCCCCCCCCC)COP(=O)(O)OCC[N+](C)(C)C)[C@@H](O)CCCC(=O)O. The van der Waals surface area contributed by atoms with E-state index in [9.17, 15) is 28.9 Å². The third-order valence-corrected chi connectivity index (χ3v) is 12.8. The van der Waals surface area contributed by atoms with Gasteiger partial charge in [-0.05, 0) is 38.5 Å². The number of phosphoric ester groups is 1. The van der Waals surface area contributed by atoms with Gasteiger partial charge in [-0.15, -0.1) is 11.8 Å². The predicted molar refractivity (Wildman–Crippen MR) is 262 cm³/mol. The first-order chi connectivity index (χ1) is 30.6. The topological polar surface area (TPSA) is 192 Å².